The summed E-state index contributed by atoms with van der Waals surface area (Å²) in [7, 11) is -1.31. The van der Waals surface area contributed by atoms with Crippen molar-refractivity contribution in [2.75, 3.05) is 59.4 Å². The molecule has 2 fully saturated rings. The average molecular weight is 429 g/mol. The fourth-order valence-corrected chi connectivity index (χ4v) is 6.78. The molecule has 2 aliphatic rings. The molecular weight excluding hydrogens is 404 g/mol. The van der Waals surface area contributed by atoms with E-state index in [-0.39, 0.29) is 0 Å². The Kier molecular flexibility index (Phi) is 5.76. The molecule has 0 amide bonds. The van der Waals surface area contributed by atoms with Crippen molar-refractivity contribution in [3.05, 3.63) is 34.2 Å². The van der Waals surface area contributed by atoms with E-state index in [1.807, 2.05) is 19.2 Å². The number of rotatable bonds is 4. The lowest BCUT2D eigenvalue weighted by Gasteiger charge is -2.39. The molecule has 0 atom stereocenters. The van der Waals surface area contributed by atoms with Crippen LogP contribution < -0.4 is 0 Å². The van der Waals surface area contributed by atoms with Crippen molar-refractivity contribution in [2.24, 2.45) is 0 Å². The first-order valence-electron chi connectivity index (χ1n) is 9.27. The van der Waals surface area contributed by atoms with Crippen LogP contribution in [0.1, 0.15) is 4.88 Å². The van der Waals surface area contributed by atoms with Crippen molar-refractivity contribution < 1.29 is 8.42 Å². The Hall–Kier alpha value is -0.740. The number of benzene rings is 1. The summed E-state index contributed by atoms with van der Waals surface area (Å²) in [4.78, 5) is 5.62. The van der Waals surface area contributed by atoms with Crippen LogP contribution in [0.5, 0.6) is 0 Å². The summed E-state index contributed by atoms with van der Waals surface area (Å²) in [6.45, 7) is 6.07. The number of hydrogen-bond donors (Lipinski definition) is 0. The second kappa shape index (κ2) is 7.94. The Morgan fingerprint density at radius 1 is 0.963 bits per heavy atom. The number of likely N-dealkylation sites (N-methyl/N-ethyl adjacent to an activating group) is 1. The van der Waals surface area contributed by atoms with E-state index in [1.54, 1.807) is 19.9 Å². The minimum absolute atomic E-state index is 0.539. The Morgan fingerprint density at radius 2 is 1.56 bits per heavy atom. The van der Waals surface area contributed by atoms with Gasteiger partial charge in [-0.05, 0) is 13.1 Å². The maximum atomic E-state index is 12.9. The lowest BCUT2D eigenvalue weighted by atomic mass is 10.2. The topological polar surface area (TPSA) is 47.1 Å². The molecule has 0 N–H and O–H groups in total. The number of thiophene rings is 1. The Morgan fingerprint density at radius 3 is 2.19 bits per heavy atom. The molecule has 0 bridgehead atoms. The predicted octanol–water partition coefficient (Wildman–Crippen LogP) is 2.16. The average Bonchev–Trinajstić information content (AvgIpc) is 2.98. The molecule has 1 aromatic carbocycles. The minimum Gasteiger partial charge on any atom is -0.304 e. The standard InChI is InChI=1S/C18H25ClN4O2S2/c1-20-6-10-22(11-7-20)27(24,25)23-12-8-21(9-13-23)14-17-18(19)15-4-2-3-5-16(15)26-17/h2-5H,6-14H2,1H3. The molecule has 4 rings (SSSR count). The largest absolute Gasteiger partial charge is 0.304 e. The zero-order chi connectivity index (χ0) is 19.0. The van der Waals surface area contributed by atoms with E-state index >= 15 is 0 Å². The predicted molar refractivity (Wildman–Crippen MR) is 112 cm³/mol. The molecule has 1 aromatic heterocycles. The molecule has 6 nitrogen and oxygen atoms in total. The number of nitrogens with zero attached hydrogens (tertiary/aromatic N) is 4. The molecule has 0 unspecified atom stereocenters. The van der Waals surface area contributed by atoms with Crippen molar-refractivity contribution in [3.63, 3.8) is 0 Å². The molecule has 27 heavy (non-hydrogen) atoms. The van der Waals surface area contributed by atoms with Crippen LogP contribution in [0.3, 0.4) is 0 Å². The quantitative estimate of drug-likeness (QED) is 0.748. The van der Waals surface area contributed by atoms with Gasteiger partial charge in [-0.3, -0.25) is 4.90 Å². The van der Waals surface area contributed by atoms with Gasteiger partial charge in [-0.15, -0.1) is 11.3 Å². The fourth-order valence-electron chi connectivity index (χ4n) is 3.67. The van der Waals surface area contributed by atoms with Gasteiger partial charge in [-0.1, -0.05) is 29.8 Å². The maximum absolute atomic E-state index is 12.9. The highest BCUT2D eigenvalue weighted by molar-refractivity contribution is 7.86. The summed E-state index contributed by atoms with van der Waals surface area (Å²) in [5.74, 6) is 0. The van der Waals surface area contributed by atoms with E-state index in [9.17, 15) is 8.42 Å². The van der Waals surface area contributed by atoms with Gasteiger partial charge in [0.2, 0.25) is 0 Å². The summed E-state index contributed by atoms with van der Waals surface area (Å²) in [6, 6.07) is 8.18. The molecule has 2 saturated heterocycles. The molecule has 0 saturated carbocycles. The Labute approximate surface area is 170 Å². The van der Waals surface area contributed by atoms with Crippen LogP contribution in [-0.2, 0) is 16.8 Å². The third-order valence-corrected chi connectivity index (χ3v) is 9.15. The van der Waals surface area contributed by atoms with Gasteiger partial charge in [0.15, 0.2) is 0 Å². The summed E-state index contributed by atoms with van der Waals surface area (Å²) < 4.78 is 30.2. The van der Waals surface area contributed by atoms with Gasteiger partial charge in [0.1, 0.15) is 0 Å². The van der Waals surface area contributed by atoms with E-state index < -0.39 is 10.2 Å². The highest BCUT2D eigenvalue weighted by Crippen LogP contribution is 2.36. The molecule has 2 aliphatic heterocycles. The molecule has 3 heterocycles. The van der Waals surface area contributed by atoms with Crippen LogP contribution >= 0.6 is 22.9 Å². The molecule has 0 spiro atoms. The van der Waals surface area contributed by atoms with E-state index in [1.165, 1.54) is 4.70 Å². The highest BCUT2D eigenvalue weighted by Gasteiger charge is 2.33. The second-order valence-corrected chi connectivity index (χ2v) is 10.7. The first-order valence-corrected chi connectivity index (χ1v) is 11.9. The molecule has 148 valence electrons. The summed E-state index contributed by atoms with van der Waals surface area (Å²) in [5, 5.41) is 1.94. The molecule has 9 heteroatoms. The number of fused-ring (bicyclic) bond motifs is 1. The van der Waals surface area contributed by atoms with Gasteiger partial charge in [-0.2, -0.15) is 17.0 Å². The zero-order valence-electron chi connectivity index (χ0n) is 15.5. The monoisotopic (exact) mass is 428 g/mol. The van der Waals surface area contributed by atoms with Gasteiger partial charge in [-0.25, -0.2) is 0 Å². The van der Waals surface area contributed by atoms with Crippen molar-refractivity contribution >= 4 is 43.2 Å². The first kappa shape index (κ1) is 19.6. The van der Waals surface area contributed by atoms with Crippen LogP contribution in [0.25, 0.3) is 10.1 Å². The van der Waals surface area contributed by atoms with Crippen molar-refractivity contribution in [3.8, 4) is 0 Å². The van der Waals surface area contributed by atoms with Crippen LogP contribution in [0.4, 0.5) is 0 Å². The van der Waals surface area contributed by atoms with Crippen molar-refractivity contribution in [2.45, 2.75) is 6.54 Å². The van der Waals surface area contributed by atoms with E-state index in [2.05, 4.69) is 21.9 Å². The van der Waals surface area contributed by atoms with Gasteiger partial charge in [0.25, 0.3) is 10.2 Å². The molecule has 0 radical (unpaired) electrons. The fraction of sp³-hybridized carbons (Fsp3) is 0.556. The molecule has 2 aromatic rings. The number of hydrogen-bond acceptors (Lipinski definition) is 5. The summed E-state index contributed by atoms with van der Waals surface area (Å²) in [5.41, 5.74) is 0. The molecular formula is C18H25ClN4O2S2. The zero-order valence-corrected chi connectivity index (χ0v) is 17.9. The van der Waals surface area contributed by atoms with Crippen LogP contribution in [0.15, 0.2) is 24.3 Å². The SMILES string of the molecule is CN1CCN(S(=O)(=O)N2CCN(Cc3sc4ccccc4c3Cl)CC2)CC1. The van der Waals surface area contributed by atoms with Gasteiger partial charge < -0.3 is 4.90 Å². The third kappa shape index (κ3) is 4.03. The lowest BCUT2D eigenvalue weighted by Crippen LogP contribution is -2.56. The van der Waals surface area contributed by atoms with Crippen LogP contribution in [-0.4, -0.2) is 86.2 Å². The minimum atomic E-state index is -3.34. The van der Waals surface area contributed by atoms with E-state index in [4.69, 9.17) is 11.6 Å². The van der Waals surface area contributed by atoms with Gasteiger partial charge in [0, 0.05) is 73.9 Å². The maximum Gasteiger partial charge on any atom is 0.282 e. The van der Waals surface area contributed by atoms with E-state index in [0.29, 0.717) is 26.2 Å². The lowest BCUT2D eigenvalue weighted by molar-refractivity contribution is 0.166. The first-order chi connectivity index (χ1) is 12.9. The summed E-state index contributed by atoms with van der Waals surface area (Å²) in [6.07, 6.45) is 0. The normalized spacial score (nSPS) is 21.9. The smallest absolute Gasteiger partial charge is 0.282 e. The summed E-state index contributed by atoms with van der Waals surface area (Å²) >= 11 is 8.29. The van der Waals surface area contributed by atoms with Crippen LogP contribution in [0.2, 0.25) is 5.02 Å². The van der Waals surface area contributed by atoms with E-state index in [0.717, 1.165) is 48.0 Å². The van der Waals surface area contributed by atoms with Crippen molar-refractivity contribution in [1.29, 1.82) is 0 Å². The van der Waals surface area contributed by atoms with Gasteiger partial charge >= 0.3 is 0 Å². The van der Waals surface area contributed by atoms with Crippen LogP contribution in [0, 0.1) is 0 Å². The Bertz CT molecular complexity index is 901. The number of piperazine rings is 2. The molecule has 0 aliphatic carbocycles. The third-order valence-electron chi connectivity index (χ3n) is 5.41. The Balaban J connectivity index is 1.38. The van der Waals surface area contributed by atoms with Crippen molar-refractivity contribution in [1.82, 2.24) is 18.4 Å². The highest BCUT2D eigenvalue weighted by atomic mass is 35.5. The second-order valence-electron chi connectivity index (χ2n) is 7.22. The number of halogens is 1. The van der Waals surface area contributed by atoms with Gasteiger partial charge in [0.05, 0.1) is 5.02 Å².